The molecule has 0 aliphatic rings. The molecule has 13 heavy (non-hydrogen) atoms. The van der Waals surface area contributed by atoms with E-state index in [1.54, 1.807) is 17.8 Å². The zero-order valence-corrected chi connectivity index (χ0v) is 8.77. The number of benzene rings is 1. The van der Waals surface area contributed by atoms with Gasteiger partial charge in [-0.05, 0) is 36.9 Å². The largest absolute Gasteiger partial charge is 0.427 e. The Labute approximate surface area is 82.3 Å². The van der Waals surface area contributed by atoms with Crippen molar-refractivity contribution in [3.63, 3.8) is 0 Å². The van der Waals surface area contributed by atoms with E-state index in [0.717, 1.165) is 5.56 Å². The monoisotopic (exact) mass is 196 g/mol. The van der Waals surface area contributed by atoms with Gasteiger partial charge in [0.1, 0.15) is 5.75 Å². The highest BCUT2D eigenvalue weighted by Crippen LogP contribution is 2.24. The van der Waals surface area contributed by atoms with Crippen LogP contribution in [-0.4, -0.2) is 12.2 Å². The van der Waals surface area contributed by atoms with Crippen LogP contribution in [0.2, 0.25) is 0 Å². The number of hydrogen-bond donors (Lipinski definition) is 0. The lowest BCUT2D eigenvalue weighted by atomic mass is 10.2. The smallest absolute Gasteiger partial charge is 0.308 e. The van der Waals surface area contributed by atoms with E-state index in [9.17, 15) is 4.79 Å². The Morgan fingerprint density at radius 3 is 2.62 bits per heavy atom. The molecule has 0 heterocycles. The minimum Gasteiger partial charge on any atom is -0.427 e. The number of carbonyl (C=O) groups excluding carboxylic acids is 1. The molecule has 0 saturated heterocycles. The average molecular weight is 196 g/mol. The maximum Gasteiger partial charge on any atom is 0.308 e. The second kappa shape index (κ2) is 4.33. The third-order valence-corrected chi connectivity index (χ3v) is 2.53. The van der Waals surface area contributed by atoms with Gasteiger partial charge in [-0.2, -0.15) is 0 Å². The normalized spacial score (nSPS) is 9.77. The molecule has 0 saturated carbocycles. The number of thioether (sulfide) groups is 1. The number of carbonyl (C=O) groups is 1. The molecule has 2 nitrogen and oxygen atoms in total. The van der Waals surface area contributed by atoms with Crippen molar-refractivity contribution in [1.82, 2.24) is 0 Å². The van der Waals surface area contributed by atoms with Gasteiger partial charge in [0.25, 0.3) is 0 Å². The molecule has 0 unspecified atom stereocenters. The highest BCUT2D eigenvalue weighted by molar-refractivity contribution is 7.98. The van der Waals surface area contributed by atoms with E-state index in [1.165, 1.54) is 11.8 Å². The first-order valence-corrected chi connectivity index (χ1v) is 5.19. The fraction of sp³-hybridized carbons (Fsp3) is 0.300. The van der Waals surface area contributed by atoms with Crippen LogP contribution < -0.4 is 4.74 Å². The third kappa shape index (κ3) is 2.77. The summed E-state index contributed by atoms with van der Waals surface area (Å²) in [5.74, 6) is 0.333. The van der Waals surface area contributed by atoms with Gasteiger partial charge >= 0.3 is 5.97 Å². The van der Waals surface area contributed by atoms with Crippen molar-refractivity contribution in [2.24, 2.45) is 0 Å². The molecular weight excluding hydrogens is 184 g/mol. The first-order valence-electron chi connectivity index (χ1n) is 3.96. The molecule has 0 radical (unpaired) electrons. The lowest BCUT2D eigenvalue weighted by molar-refractivity contribution is -0.131. The zero-order chi connectivity index (χ0) is 9.84. The molecule has 0 fully saturated rings. The van der Waals surface area contributed by atoms with Gasteiger partial charge < -0.3 is 4.74 Å². The summed E-state index contributed by atoms with van der Waals surface area (Å²) < 4.78 is 4.95. The number of rotatable bonds is 2. The summed E-state index contributed by atoms with van der Waals surface area (Å²) >= 11 is 1.68. The van der Waals surface area contributed by atoms with Gasteiger partial charge in [-0.25, -0.2) is 0 Å². The van der Waals surface area contributed by atoms with E-state index < -0.39 is 0 Å². The van der Waals surface area contributed by atoms with Crippen LogP contribution in [0.4, 0.5) is 0 Å². The maximum absolute atomic E-state index is 10.7. The van der Waals surface area contributed by atoms with E-state index in [0.29, 0.717) is 5.75 Å². The molecule has 1 aromatic carbocycles. The van der Waals surface area contributed by atoms with Gasteiger partial charge in [-0.3, -0.25) is 4.79 Å². The van der Waals surface area contributed by atoms with Crippen molar-refractivity contribution in [1.29, 1.82) is 0 Å². The Kier molecular flexibility index (Phi) is 3.37. The summed E-state index contributed by atoms with van der Waals surface area (Å²) in [6, 6.07) is 5.63. The predicted octanol–water partition coefficient (Wildman–Crippen LogP) is 2.64. The van der Waals surface area contributed by atoms with Crippen molar-refractivity contribution >= 4 is 17.7 Å². The molecule has 0 bridgehead atoms. The van der Waals surface area contributed by atoms with Crippen molar-refractivity contribution in [3.8, 4) is 5.75 Å². The molecular formula is C10H12O2S. The van der Waals surface area contributed by atoms with Crippen LogP contribution in [0.3, 0.4) is 0 Å². The van der Waals surface area contributed by atoms with Crippen LogP contribution in [0.5, 0.6) is 5.75 Å². The summed E-state index contributed by atoms with van der Waals surface area (Å²) in [7, 11) is 0. The molecule has 3 heteroatoms. The SMILES string of the molecule is CSc1ccc(OC(C)=O)cc1C. The summed E-state index contributed by atoms with van der Waals surface area (Å²) in [6.07, 6.45) is 2.02. The van der Waals surface area contributed by atoms with Crippen molar-refractivity contribution in [2.45, 2.75) is 18.7 Å². The number of esters is 1. The Hall–Kier alpha value is -0.960. The minimum absolute atomic E-state index is 0.281. The molecule has 0 aliphatic carbocycles. The highest BCUT2D eigenvalue weighted by Gasteiger charge is 2.01. The standard InChI is InChI=1S/C10H12O2S/c1-7-6-9(12-8(2)11)4-5-10(7)13-3/h4-6H,1-3H3. The van der Waals surface area contributed by atoms with E-state index >= 15 is 0 Å². The third-order valence-electron chi connectivity index (χ3n) is 1.63. The van der Waals surface area contributed by atoms with Crippen LogP contribution in [0.15, 0.2) is 23.1 Å². The van der Waals surface area contributed by atoms with E-state index in [-0.39, 0.29) is 5.97 Å². The van der Waals surface area contributed by atoms with Crippen molar-refractivity contribution < 1.29 is 9.53 Å². The second-order valence-electron chi connectivity index (χ2n) is 2.73. The Morgan fingerprint density at radius 1 is 1.46 bits per heavy atom. The maximum atomic E-state index is 10.7. The van der Waals surface area contributed by atoms with E-state index in [2.05, 4.69) is 0 Å². The minimum atomic E-state index is -0.281. The highest BCUT2D eigenvalue weighted by atomic mass is 32.2. The lowest BCUT2D eigenvalue weighted by Crippen LogP contribution is -2.01. The average Bonchev–Trinajstić information content (AvgIpc) is 2.03. The number of aryl methyl sites for hydroxylation is 1. The van der Waals surface area contributed by atoms with Crippen LogP contribution in [-0.2, 0) is 4.79 Å². The Morgan fingerprint density at radius 2 is 2.15 bits per heavy atom. The molecule has 1 rings (SSSR count). The van der Waals surface area contributed by atoms with Gasteiger partial charge in [-0.15, -0.1) is 11.8 Å². The van der Waals surface area contributed by atoms with Crippen molar-refractivity contribution in [3.05, 3.63) is 23.8 Å². The first-order chi connectivity index (χ1) is 6.13. The van der Waals surface area contributed by atoms with E-state index in [4.69, 9.17) is 4.74 Å². The second-order valence-corrected chi connectivity index (χ2v) is 3.57. The fourth-order valence-electron chi connectivity index (χ4n) is 1.08. The first kappa shape index (κ1) is 10.1. The van der Waals surface area contributed by atoms with Gasteiger partial charge in [0.2, 0.25) is 0 Å². The van der Waals surface area contributed by atoms with Gasteiger partial charge in [-0.1, -0.05) is 0 Å². The molecule has 0 spiro atoms. The van der Waals surface area contributed by atoms with Crippen LogP contribution in [0, 0.1) is 6.92 Å². The number of ether oxygens (including phenoxy) is 1. The summed E-state index contributed by atoms with van der Waals surface area (Å²) in [5.41, 5.74) is 1.13. The van der Waals surface area contributed by atoms with Crippen LogP contribution in [0.25, 0.3) is 0 Å². The molecule has 0 N–H and O–H groups in total. The molecule has 0 atom stereocenters. The van der Waals surface area contributed by atoms with Crippen LogP contribution in [0.1, 0.15) is 12.5 Å². The Bertz CT molecular complexity index is 321. The molecule has 0 aromatic heterocycles. The topological polar surface area (TPSA) is 26.3 Å². The molecule has 0 amide bonds. The van der Waals surface area contributed by atoms with Crippen molar-refractivity contribution in [2.75, 3.05) is 6.26 Å². The summed E-state index contributed by atoms with van der Waals surface area (Å²) in [4.78, 5) is 11.9. The lowest BCUT2D eigenvalue weighted by Gasteiger charge is -2.05. The molecule has 1 aromatic rings. The molecule has 0 aliphatic heterocycles. The number of hydrogen-bond acceptors (Lipinski definition) is 3. The quantitative estimate of drug-likeness (QED) is 0.413. The van der Waals surface area contributed by atoms with Gasteiger partial charge in [0.05, 0.1) is 0 Å². The summed E-state index contributed by atoms with van der Waals surface area (Å²) in [5, 5.41) is 0. The zero-order valence-electron chi connectivity index (χ0n) is 7.96. The van der Waals surface area contributed by atoms with Crippen LogP contribution >= 0.6 is 11.8 Å². The summed E-state index contributed by atoms with van der Waals surface area (Å²) in [6.45, 7) is 3.40. The van der Waals surface area contributed by atoms with Gasteiger partial charge in [0, 0.05) is 11.8 Å². The van der Waals surface area contributed by atoms with Gasteiger partial charge in [0.15, 0.2) is 0 Å². The van der Waals surface area contributed by atoms with E-state index in [1.807, 2.05) is 25.3 Å². The predicted molar refractivity (Wildman–Crippen MR) is 54.3 cm³/mol. The Balaban J connectivity index is 2.89. The fourth-order valence-corrected chi connectivity index (χ4v) is 1.67. The molecule has 70 valence electrons.